The second-order valence-electron chi connectivity index (χ2n) is 8.43. The van der Waals surface area contributed by atoms with Crippen LogP contribution in [-0.2, 0) is 6.18 Å². The Morgan fingerprint density at radius 1 is 0.943 bits per heavy atom. The number of hydrogen-bond acceptors (Lipinski definition) is 6. The summed E-state index contributed by atoms with van der Waals surface area (Å²) in [5, 5.41) is 8.03. The lowest BCUT2D eigenvalue weighted by Gasteiger charge is -2.30. The number of carbonyl (C=O) groups excluding carboxylic acids is 1. The van der Waals surface area contributed by atoms with Crippen LogP contribution in [0.2, 0.25) is 0 Å². The number of rotatable bonds is 4. The molecule has 0 aliphatic carbocycles. The van der Waals surface area contributed by atoms with Gasteiger partial charge in [-0.15, -0.1) is 0 Å². The molecule has 2 aromatic heterocycles. The molecule has 35 heavy (non-hydrogen) atoms. The van der Waals surface area contributed by atoms with E-state index in [-0.39, 0.29) is 17.6 Å². The molecule has 1 amide bonds. The van der Waals surface area contributed by atoms with E-state index >= 15 is 0 Å². The molecule has 0 atom stereocenters. The molecule has 5 rings (SSSR count). The van der Waals surface area contributed by atoms with Crippen molar-refractivity contribution in [2.75, 3.05) is 13.1 Å². The van der Waals surface area contributed by atoms with Crippen molar-refractivity contribution < 1.29 is 27.0 Å². The molecule has 0 saturated carbocycles. The normalized spacial score (nSPS) is 14.9. The van der Waals surface area contributed by atoms with Gasteiger partial charge in [0, 0.05) is 30.1 Å². The second-order valence-corrected chi connectivity index (χ2v) is 8.43. The molecule has 0 radical (unpaired) electrons. The molecular formula is C25H21F3N4O3. The molecule has 1 aliphatic heterocycles. The minimum absolute atomic E-state index is 0.0492. The van der Waals surface area contributed by atoms with E-state index in [1.54, 1.807) is 11.8 Å². The lowest BCUT2D eigenvalue weighted by Crippen LogP contribution is -2.38. The monoisotopic (exact) mass is 482 g/mol. The van der Waals surface area contributed by atoms with E-state index in [9.17, 15) is 18.0 Å². The fourth-order valence-corrected chi connectivity index (χ4v) is 4.23. The van der Waals surface area contributed by atoms with Crippen LogP contribution in [0.1, 0.15) is 46.3 Å². The predicted molar refractivity (Wildman–Crippen MR) is 119 cm³/mol. The molecule has 7 nitrogen and oxygen atoms in total. The van der Waals surface area contributed by atoms with E-state index in [0.717, 1.165) is 17.7 Å². The fourth-order valence-electron chi connectivity index (χ4n) is 4.23. The van der Waals surface area contributed by atoms with Crippen LogP contribution in [0.25, 0.3) is 22.6 Å². The number of alkyl halides is 3. The summed E-state index contributed by atoms with van der Waals surface area (Å²) in [6.07, 6.45) is -3.17. The summed E-state index contributed by atoms with van der Waals surface area (Å²) in [4.78, 5) is 19.5. The highest BCUT2D eigenvalue weighted by Gasteiger charge is 2.32. The van der Waals surface area contributed by atoms with Gasteiger partial charge in [0.25, 0.3) is 5.91 Å². The molecule has 1 aliphatic rings. The van der Waals surface area contributed by atoms with Crippen molar-refractivity contribution in [2.24, 2.45) is 0 Å². The minimum Gasteiger partial charge on any atom is -0.360 e. The van der Waals surface area contributed by atoms with Crippen LogP contribution in [0.15, 0.2) is 63.6 Å². The SMILES string of the molecule is Cc1onc(-c2ccccc2)c1C(=O)N1CCC(c2nc(-c3ccc(C(F)(F)F)cc3)no2)CC1. The smallest absolute Gasteiger partial charge is 0.360 e. The van der Waals surface area contributed by atoms with E-state index < -0.39 is 11.7 Å². The minimum atomic E-state index is -4.40. The van der Waals surface area contributed by atoms with E-state index in [1.807, 2.05) is 30.3 Å². The van der Waals surface area contributed by atoms with Crippen LogP contribution < -0.4 is 0 Å². The fraction of sp³-hybridized carbons (Fsp3) is 0.280. The lowest BCUT2D eigenvalue weighted by atomic mass is 9.95. The summed E-state index contributed by atoms with van der Waals surface area (Å²) >= 11 is 0. The van der Waals surface area contributed by atoms with Crippen LogP contribution >= 0.6 is 0 Å². The number of nitrogens with zero attached hydrogens (tertiary/aromatic N) is 4. The first-order valence-corrected chi connectivity index (χ1v) is 11.1. The molecule has 2 aromatic carbocycles. The third-order valence-electron chi connectivity index (χ3n) is 6.17. The third kappa shape index (κ3) is 4.55. The van der Waals surface area contributed by atoms with Crippen LogP contribution in [0.3, 0.4) is 0 Å². The number of amides is 1. The number of benzene rings is 2. The number of hydrogen-bond donors (Lipinski definition) is 0. The van der Waals surface area contributed by atoms with Gasteiger partial charge in [0.2, 0.25) is 11.7 Å². The van der Waals surface area contributed by atoms with Crippen molar-refractivity contribution in [3.05, 3.63) is 77.4 Å². The van der Waals surface area contributed by atoms with Gasteiger partial charge in [-0.3, -0.25) is 4.79 Å². The first-order valence-electron chi connectivity index (χ1n) is 11.1. The average Bonchev–Trinajstić information content (AvgIpc) is 3.51. The Morgan fingerprint density at radius 3 is 2.29 bits per heavy atom. The Labute approximate surface area is 198 Å². The van der Waals surface area contributed by atoms with Crippen LogP contribution in [0.5, 0.6) is 0 Å². The molecule has 1 fully saturated rings. The lowest BCUT2D eigenvalue weighted by molar-refractivity contribution is -0.137. The summed E-state index contributed by atoms with van der Waals surface area (Å²) < 4.78 is 49.1. The third-order valence-corrected chi connectivity index (χ3v) is 6.17. The summed E-state index contributed by atoms with van der Waals surface area (Å²) in [6.45, 7) is 2.70. The predicted octanol–water partition coefficient (Wildman–Crippen LogP) is 5.74. The summed E-state index contributed by atoms with van der Waals surface area (Å²) in [7, 11) is 0. The maximum atomic E-state index is 13.3. The first-order chi connectivity index (χ1) is 16.8. The summed E-state index contributed by atoms with van der Waals surface area (Å²) in [5.41, 5.74) is 1.49. The zero-order chi connectivity index (χ0) is 24.6. The van der Waals surface area contributed by atoms with E-state index in [0.29, 0.717) is 54.4 Å². The molecule has 0 bridgehead atoms. The molecular weight excluding hydrogens is 461 g/mol. The van der Waals surface area contributed by atoms with Crippen LogP contribution in [-0.4, -0.2) is 39.2 Å². The van der Waals surface area contributed by atoms with Gasteiger partial charge in [-0.2, -0.15) is 18.2 Å². The van der Waals surface area contributed by atoms with Gasteiger partial charge in [-0.1, -0.05) is 52.8 Å². The Hall–Kier alpha value is -3.95. The number of aromatic nitrogens is 3. The maximum Gasteiger partial charge on any atom is 0.416 e. The van der Waals surface area contributed by atoms with Gasteiger partial charge in [0.15, 0.2) is 0 Å². The van der Waals surface area contributed by atoms with Crippen molar-refractivity contribution in [3.63, 3.8) is 0 Å². The molecule has 4 aromatic rings. The van der Waals surface area contributed by atoms with Gasteiger partial charge in [-0.25, -0.2) is 0 Å². The van der Waals surface area contributed by atoms with E-state index in [2.05, 4.69) is 15.3 Å². The highest BCUT2D eigenvalue weighted by atomic mass is 19.4. The summed E-state index contributed by atoms with van der Waals surface area (Å²) in [6, 6.07) is 14.0. The average molecular weight is 482 g/mol. The topological polar surface area (TPSA) is 85.3 Å². The van der Waals surface area contributed by atoms with Gasteiger partial charge in [0.1, 0.15) is 17.0 Å². The maximum absolute atomic E-state index is 13.3. The van der Waals surface area contributed by atoms with Gasteiger partial charge < -0.3 is 13.9 Å². The Morgan fingerprint density at radius 2 is 1.63 bits per heavy atom. The second kappa shape index (κ2) is 9.01. The summed E-state index contributed by atoms with van der Waals surface area (Å²) in [5.74, 6) is 0.927. The number of likely N-dealkylation sites (tertiary alicyclic amines) is 1. The number of piperidine rings is 1. The van der Waals surface area contributed by atoms with E-state index in [1.165, 1.54) is 12.1 Å². The Bertz CT molecular complexity index is 1320. The molecule has 0 unspecified atom stereocenters. The van der Waals surface area contributed by atoms with Crippen molar-refractivity contribution in [3.8, 4) is 22.6 Å². The Kier molecular flexibility index (Phi) is 5.88. The molecule has 3 heterocycles. The molecule has 0 N–H and O–H groups in total. The van der Waals surface area contributed by atoms with Crippen molar-refractivity contribution in [1.29, 1.82) is 0 Å². The Balaban J connectivity index is 1.26. The zero-order valence-electron chi connectivity index (χ0n) is 18.7. The highest BCUT2D eigenvalue weighted by molar-refractivity contribution is 6.00. The van der Waals surface area contributed by atoms with Crippen molar-refractivity contribution in [1.82, 2.24) is 20.2 Å². The highest BCUT2D eigenvalue weighted by Crippen LogP contribution is 2.33. The standard InChI is InChI=1S/C25H21F3N4O3/c1-15-20(21(30-34-15)16-5-3-2-4-6-16)24(33)32-13-11-18(12-14-32)23-29-22(31-35-23)17-7-9-19(10-8-17)25(26,27)28/h2-10,18H,11-14H2,1H3. The van der Waals surface area contributed by atoms with Gasteiger partial charge in [-0.05, 0) is 31.9 Å². The zero-order valence-corrected chi connectivity index (χ0v) is 18.7. The van der Waals surface area contributed by atoms with E-state index in [4.69, 9.17) is 9.05 Å². The van der Waals surface area contributed by atoms with Crippen molar-refractivity contribution >= 4 is 5.91 Å². The molecule has 0 spiro atoms. The molecule has 180 valence electrons. The molecule has 1 saturated heterocycles. The van der Waals surface area contributed by atoms with Crippen molar-refractivity contribution in [2.45, 2.75) is 31.9 Å². The number of aryl methyl sites for hydroxylation is 1. The van der Waals surface area contributed by atoms with Gasteiger partial charge in [0.05, 0.1) is 5.56 Å². The molecule has 10 heteroatoms. The quantitative estimate of drug-likeness (QED) is 0.369. The first kappa shape index (κ1) is 22.8. The van der Waals surface area contributed by atoms with Crippen LogP contribution in [0, 0.1) is 6.92 Å². The van der Waals surface area contributed by atoms with Gasteiger partial charge >= 0.3 is 6.18 Å². The largest absolute Gasteiger partial charge is 0.416 e. The number of carbonyl (C=O) groups is 1. The van der Waals surface area contributed by atoms with Crippen LogP contribution in [0.4, 0.5) is 13.2 Å². The number of halogens is 3.